The highest BCUT2D eigenvalue weighted by molar-refractivity contribution is 5.25. The van der Waals surface area contributed by atoms with Crippen LogP contribution in [-0.2, 0) is 25.1 Å². The van der Waals surface area contributed by atoms with Gasteiger partial charge in [-0.15, -0.1) is 0 Å². The van der Waals surface area contributed by atoms with Gasteiger partial charge in [0.05, 0.1) is 22.4 Å². The average Bonchev–Trinajstić information content (AvgIpc) is 3.37. The summed E-state index contributed by atoms with van der Waals surface area (Å²) in [4.78, 5) is 24.7. The lowest BCUT2D eigenvalue weighted by atomic mass is 9.75. The van der Waals surface area contributed by atoms with Crippen molar-refractivity contribution in [2.24, 2.45) is 0 Å². The number of hydrogen-bond donors (Lipinski definition) is 0. The Balaban J connectivity index is 0.000000262. The van der Waals surface area contributed by atoms with Crippen molar-refractivity contribution in [1.29, 1.82) is 0 Å². The Kier molecular flexibility index (Phi) is 11.7. The molecule has 3 rings (SSSR count). The van der Waals surface area contributed by atoms with Crippen LogP contribution in [-0.4, -0.2) is 40.4 Å². The fourth-order valence-corrected chi connectivity index (χ4v) is 4.98. The average molecular weight is 520 g/mol. The van der Waals surface area contributed by atoms with E-state index in [-0.39, 0.29) is 22.4 Å². The van der Waals surface area contributed by atoms with Gasteiger partial charge in [-0.1, -0.05) is 49.6 Å². The summed E-state index contributed by atoms with van der Waals surface area (Å²) in [6.07, 6.45) is 11.4. The first kappa shape index (κ1) is 32.2. The molecule has 0 bridgehead atoms. The van der Waals surface area contributed by atoms with Crippen molar-refractivity contribution in [2.75, 3.05) is 13.1 Å². The van der Waals surface area contributed by atoms with Crippen molar-refractivity contribution < 1.29 is 19.6 Å². The molecule has 0 spiro atoms. The van der Waals surface area contributed by atoms with Crippen LogP contribution in [0.3, 0.4) is 0 Å². The summed E-state index contributed by atoms with van der Waals surface area (Å²) in [5.74, 6) is 0. The van der Waals surface area contributed by atoms with Gasteiger partial charge in [0.25, 0.3) is 0 Å². The van der Waals surface area contributed by atoms with E-state index < -0.39 is 0 Å². The third kappa shape index (κ3) is 11.7. The lowest BCUT2D eigenvalue weighted by Gasteiger charge is -2.45. The molecule has 0 atom stereocenters. The molecule has 1 aliphatic carbocycles. The first-order valence-electron chi connectivity index (χ1n) is 14.6. The van der Waals surface area contributed by atoms with Crippen LogP contribution in [0.15, 0.2) is 30.3 Å². The van der Waals surface area contributed by atoms with Crippen LogP contribution in [0.4, 0.5) is 0 Å². The fraction of sp³-hybridized carbons (Fsp3) is 0.812. The second-order valence-electron chi connectivity index (χ2n) is 14.2. The molecule has 37 heavy (non-hydrogen) atoms. The molecule has 1 aromatic rings. The Morgan fingerprint density at radius 2 is 1.03 bits per heavy atom. The van der Waals surface area contributed by atoms with Crippen molar-refractivity contribution in [3.8, 4) is 0 Å². The minimum Gasteiger partial charge on any atom is -0.294 e. The first-order chi connectivity index (χ1) is 17.0. The van der Waals surface area contributed by atoms with Gasteiger partial charge in [0, 0.05) is 5.54 Å². The van der Waals surface area contributed by atoms with E-state index in [4.69, 9.17) is 19.6 Å². The van der Waals surface area contributed by atoms with Crippen molar-refractivity contribution in [3.63, 3.8) is 0 Å². The number of benzene rings is 1. The number of likely N-dealkylation sites (tertiary alicyclic amines) is 1. The fourth-order valence-electron chi connectivity index (χ4n) is 4.98. The van der Waals surface area contributed by atoms with Crippen molar-refractivity contribution >= 4 is 0 Å². The summed E-state index contributed by atoms with van der Waals surface area (Å²) in [5, 5.41) is 0. The molecule has 1 saturated heterocycles. The topological polar surface area (TPSA) is 40.2 Å². The van der Waals surface area contributed by atoms with Gasteiger partial charge in [-0.25, -0.2) is 19.6 Å². The lowest BCUT2D eigenvalue weighted by molar-refractivity contribution is -0.410. The van der Waals surface area contributed by atoms with Gasteiger partial charge in [-0.2, -0.15) is 0 Å². The molecule has 0 amide bonds. The third-order valence-corrected chi connectivity index (χ3v) is 7.07. The Morgan fingerprint density at radius 3 is 1.43 bits per heavy atom. The summed E-state index contributed by atoms with van der Waals surface area (Å²) in [6.45, 7) is 22.5. The Morgan fingerprint density at radius 1 is 0.595 bits per heavy atom. The molecule has 1 aliphatic heterocycles. The monoisotopic (exact) mass is 519 g/mol. The van der Waals surface area contributed by atoms with Gasteiger partial charge in [0.1, 0.15) is 0 Å². The first-order valence-corrected chi connectivity index (χ1v) is 14.6. The van der Waals surface area contributed by atoms with Gasteiger partial charge in [0.15, 0.2) is 0 Å². The van der Waals surface area contributed by atoms with E-state index in [1.807, 2.05) is 69.2 Å². The molecule has 1 saturated carbocycles. The highest BCUT2D eigenvalue weighted by Crippen LogP contribution is 2.43. The minimum absolute atomic E-state index is 0.307. The highest BCUT2D eigenvalue weighted by atomic mass is 17.2. The molecule has 0 unspecified atom stereocenters. The molecule has 1 heterocycles. The van der Waals surface area contributed by atoms with Crippen LogP contribution in [0, 0.1) is 0 Å². The summed E-state index contributed by atoms with van der Waals surface area (Å²) in [6, 6.07) is 11.3. The zero-order valence-corrected chi connectivity index (χ0v) is 25.7. The largest absolute Gasteiger partial charge is 0.294 e. The van der Waals surface area contributed by atoms with E-state index in [2.05, 4.69) is 35.2 Å². The van der Waals surface area contributed by atoms with Gasteiger partial charge in [-0.05, 0) is 126 Å². The molecule has 1 aromatic carbocycles. The summed E-state index contributed by atoms with van der Waals surface area (Å²) in [5.41, 5.74) is 0.611. The quantitative estimate of drug-likeness (QED) is 0.241. The molecule has 2 fully saturated rings. The molecule has 2 aliphatic rings. The molecule has 0 N–H and O–H groups in total. The molecule has 0 radical (unpaired) electrons. The second-order valence-corrected chi connectivity index (χ2v) is 14.2. The molecule has 5 heteroatoms. The van der Waals surface area contributed by atoms with E-state index >= 15 is 0 Å². The van der Waals surface area contributed by atoms with Gasteiger partial charge in [-0.3, -0.25) is 4.90 Å². The molecule has 214 valence electrons. The Labute approximate surface area is 228 Å². The number of nitrogens with zero attached hydrogens (tertiary/aromatic N) is 1. The maximum atomic E-state index is 5.54. The lowest BCUT2D eigenvalue weighted by Crippen LogP contribution is -2.45. The van der Waals surface area contributed by atoms with Crippen molar-refractivity contribution in [1.82, 2.24) is 4.90 Å². The van der Waals surface area contributed by atoms with Crippen LogP contribution >= 0.6 is 0 Å². The summed E-state index contributed by atoms with van der Waals surface area (Å²) in [7, 11) is 0. The zero-order valence-electron chi connectivity index (χ0n) is 25.7. The predicted molar refractivity (Wildman–Crippen MR) is 153 cm³/mol. The van der Waals surface area contributed by atoms with Crippen LogP contribution in [0.5, 0.6) is 0 Å². The molecular weight excluding hydrogens is 462 g/mol. The summed E-state index contributed by atoms with van der Waals surface area (Å²) >= 11 is 0. The van der Waals surface area contributed by atoms with Gasteiger partial charge < -0.3 is 0 Å². The number of hydrogen-bond acceptors (Lipinski definition) is 5. The Bertz CT molecular complexity index is 734. The second kappa shape index (κ2) is 13.4. The zero-order chi connectivity index (χ0) is 27.8. The van der Waals surface area contributed by atoms with E-state index in [1.165, 1.54) is 58.0 Å². The van der Waals surface area contributed by atoms with Gasteiger partial charge >= 0.3 is 0 Å². The van der Waals surface area contributed by atoms with E-state index in [1.54, 1.807) is 5.56 Å². The minimum atomic E-state index is -0.365. The van der Waals surface area contributed by atoms with E-state index in [9.17, 15) is 0 Å². The summed E-state index contributed by atoms with van der Waals surface area (Å²) < 4.78 is 0. The van der Waals surface area contributed by atoms with Crippen molar-refractivity contribution in [2.45, 2.75) is 155 Å². The van der Waals surface area contributed by atoms with Crippen LogP contribution < -0.4 is 0 Å². The van der Waals surface area contributed by atoms with Crippen LogP contribution in [0.25, 0.3) is 0 Å². The molecule has 0 aromatic heterocycles. The smallest absolute Gasteiger partial charge is 0.0981 e. The predicted octanol–water partition coefficient (Wildman–Crippen LogP) is 8.76. The Hall–Kier alpha value is -0.980. The van der Waals surface area contributed by atoms with Crippen LogP contribution in [0.2, 0.25) is 0 Å². The highest BCUT2D eigenvalue weighted by Gasteiger charge is 2.40. The maximum absolute atomic E-state index is 5.54. The normalized spacial score (nSPS) is 19.4. The number of rotatable bonds is 9. The van der Waals surface area contributed by atoms with E-state index in [0.717, 1.165) is 12.8 Å². The van der Waals surface area contributed by atoms with E-state index in [0.29, 0.717) is 5.54 Å². The van der Waals surface area contributed by atoms with Crippen LogP contribution in [0.1, 0.15) is 133 Å². The standard InChI is InChI=1S/C16H23N.C16H34O4/c1-3-9-15(10-4-1)16(11-5-2-6-12-16)17-13-7-8-14-17;1-13(2,3)17-19-15(7,8)11-12-16(9,10)20-18-14(4,5)6/h1,3-4,9-10H,2,5-8,11-14H2;11-12H2,1-10H3. The molecule has 5 nitrogen and oxygen atoms in total. The van der Waals surface area contributed by atoms with Crippen molar-refractivity contribution in [3.05, 3.63) is 35.9 Å². The molecular formula is C32H57NO4. The maximum Gasteiger partial charge on any atom is 0.0981 e. The third-order valence-electron chi connectivity index (χ3n) is 7.07. The SMILES string of the molecule is CC(C)(C)OOC(C)(C)CCC(C)(C)OOC(C)(C)C.c1ccc(C2(N3CCCC3)CCCCC2)cc1. The van der Waals surface area contributed by atoms with Gasteiger partial charge in [0.2, 0.25) is 0 Å².